The Morgan fingerprint density at radius 2 is 2.17 bits per heavy atom. The van der Waals surface area contributed by atoms with Gasteiger partial charge in [0.15, 0.2) is 11.5 Å². The summed E-state index contributed by atoms with van der Waals surface area (Å²) < 4.78 is 4.86. The number of non-ortho nitro benzene ring substituents is 1. The van der Waals surface area contributed by atoms with Gasteiger partial charge < -0.3 is 21.3 Å². The van der Waals surface area contributed by atoms with Crippen LogP contribution in [0, 0.1) is 10.1 Å². The van der Waals surface area contributed by atoms with Crippen LogP contribution in [0.4, 0.5) is 5.69 Å². The van der Waals surface area contributed by atoms with Gasteiger partial charge in [-0.3, -0.25) is 10.1 Å². The maximum atomic E-state index is 10.7. The van der Waals surface area contributed by atoms with Gasteiger partial charge in [0, 0.05) is 17.7 Å². The van der Waals surface area contributed by atoms with E-state index >= 15 is 0 Å². The smallest absolute Gasteiger partial charge is 0.273 e. The summed E-state index contributed by atoms with van der Waals surface area (Å²) in [6.45, 7) is 0.325. The van der Waals surface area contributed by atoms with Crippen LogP contribution in [-0.4, -0.2) is 23.7 Å². The van der Waals surface area contributed by atoms with Gasteiger partial charge in [-0.2, -0.15) is 0 Å². The van der Waals surface area contributed by atoms with Crippen LogP contribution in [0.2, 0.25) is 0 Å². The van der Waals surface area contributed by atoms with E-state index in [1.165, 1.54) is 13.2 Å². The predicted molar refractivity (Wildman–Crippen MR) is 69.2 cm³/mol. The fourth-order valence-corrected chi connectivity index (χ4v) is 1.49. The second-order valence-electron chi connectivity index (χ2n) is 3.53. The van der Waals surface area contributed by atoms with Gasteiger partial charge in [-0.15, -0.1) is 12.4 Å². The molecule has 0 bridgehead atoms. The lowest BCUT2D eigenvalue weighted by atomic mass is 10.0. The molecule has 0 fully saturated rings. The Hall–Kier alpha value is -1.57. The summed E-state index contributed by atoms with van der Waals surface area (Å²) in [7, 11) is 1.32. The first-order chi connectivity index (χ1) is 8.01. The summed E-state index contributed by atoms with van der Waals surface area (Å²) in [5.41, 5.74) is 11.2. The zero-order chi connectivity index (χ0) is 13.0. The molecule has 8 heteroatoms. The van der Waals surface area contributed by atoms with Crippen LogP contribution < -0.4 is 16.2 Å². The number of nitro benzene ring substituents is 1. The van der Waals surface area contributed by atoms with Crippen LogP contribution in [0.3, 0.4) is 0 Å². The highest BCUT2D eigenvalue weighted by molar-refractivity contribution is 5.85. The minimum atomic E-state index is -0.569. The van der Waals surface area contributed by atoms with Crippen LogP contribution in [0.1, 0.15) is 18.0 Å². The molecule has 0 aliphatic rings. The van der Waals surface area contributed by atoms with Gasteiger partial charge >= 0.3 is 0 Å². The van der Waals surface area contributed by atoms with E-state index in [0.717, 1.165) is 6.07 Å². The molecule has 0 amide bonds. The molecule has 0 radical (unpaired) electrons. The van der Waals surface area contributed by atoms with Gasteiger partial charge in [-0.1, -0.05) is 0 Å². The number of nitro groups is 1. The van der Waals surface area contributed by atoms with E-state index in [0.29, 0.717) is 13.0 Å². The molecule has 1 aromatic rings. The average molecular weight is 278 g/mol. The van der Waals surface area contributed by atoms with Crippen molar-refractivity contribution in [1.82, 2.24) is 0 Å². The molecule has 18 heavy (non-hydrogen) atoms. The Kier molecular flexibility index (Phi) is 6.39. The highest BCUT2D eigenvalue weighted by Gasteiger charge is 2.20. The standard InChI is InChI=1S/C10H15N3O4.ClH/c1-17-9-5-6(13(15)16)4-7(10(9)14)8(12)2-3-11;/h4-5,8,14H,2-3,11-12H2,1H3;1H/t8-;/m0./s1. The molecule has 5 N–H and O–H groups in total. The van der Waals surface area contributed by atoms with Crippen LogP contribution >= 0.6 is 12.4 Å². The van der Waals surface area contributed by atoms with Crippen molar-refractivity contribution in [3.63, 3.8) is 0 Å². The molecule has 102 valence electrons. The molecule has 0 aliphatic heterocycles. The van der Waals surface area contributed by atoms with Crippen molar-refractivity contribution in [2.45, 2.75) is 12.5 Å². The average Bonchev–Trinajstić information content (AvgIpc) is 2.29. The van der Waals surface area contributed by atoms with Gasteiger partial charge in [-0.05, 0) is 13.0 Å². The summed E-state index contributed by atoms with van der Waals surface area (Å²) in [5.74, 6) is -0.152. The number of hydrogen-bond acceptors (Lipinski definition) is 6. The van der Waals surface area contributed by atoms with Crippen LogP contribution in [-0.2, 0) is 0 Å². The van der Waals surface area contributed by atoms with E-state index in [1.807, 2.05) is 0 Å². The largest absolute Gasteiger partial charge is 0.504 e. The van der Waals surface area contributed by atoms with E-state index in [-0.39, 0.29) is 35.2 Å². The number of halogens is 1. The minimum Gasteiger partial charge on any atom is -0.504 e. The predicted octanol–water partition coefficient (Wildman–Crippen LogP) is 1.08. The summed E-state index contributed by atoms with van der Waals surface area (Å²) >= 11 is 0. The van der Waals surface area contributed by atoms with Crippen molar-refractivity contribution in [1.29, 1.82) is 0 Å². The van der Waals surface area contributed by atoms with Gasteiger partial charge in [0.1, 0.15) is 0 Å². The molecular formula is C10H16ClN3O4. The van der Waals surface area contributed by atoms with Gasteiger partial charge in [0.05, 0.1) is 18.1 Å². The fourth-order valence-electron chi connectivity index (χ4n) is 1.49. The first-order valence-electron chi connectivity index (χ1n) is 5.02. The van der Waals surface area contributed by atoms with E-state index in [1.54, 1.807) is 0 Å². The molecule has 0 aromatic heterocycles. The van der Waals surface area contributed by atoms with Gasteiger partial charge in [0.2, 0.25) is 0 Å². The fraction of sp³-hybridized carbons (Fsp3) is 0.400. The van der Waals surface area contributed by atoms with Crippen molar-refractivity contribution >= 4 is 18.1 Å². The first kappa shape index (κ1) is 16.4. The van der Waals surface area contributed by atoms with Crippen LogP contribution in [0.15, 0.2) is 12.1 Å². The van der Waals surface area contributed by atoms with E-state index in [4.69, 9.17) is 16.2 Å². The number of benzene rings is 1. The Morgan fingerprint density at radius 3 is 2.61 bits per heavy atom. The maximum absolute atomic E-state index is 10.7. The van der Waals surface area contributed by atoms with Crippen LogP contribution in [0.25, 0.3) is 0 Å². The number of methoxy groups -OCH3 is 1. The topological polar surface area (TPSA) is 125 Å². The Labute approximate surface area is 110 Å². The normalized spacial score (nSPS) is 11.5. The number of hydrogen-bond donors (Lipinski definition) is 3. The van der Waals surface area contributed by atoms with E-state index in [2.05, 4.69) is 0 Å². The van der Waals surface area contributed by atoms with Crippen molar-refractivity contribution in [2.75, 3.05) is 13.7 Å². The highest BCUT2D eigenvalue weighted by atomic mass is 35.5. The second kappa shape index (κ2) is 7.00. The number of phenols is 1. The van der Waals surface area contributed by atoms with Crippen molar-refractivity contribution in [3.05, 3.63) is 27.8 Å². The molecule has 0 aliphatic carbocycles. The Balaban J connectivity index is 0.00000289. The number of rotatable bonds is 5. The molecule has 1 aromatic carbocycles. The van der Waals surface area contributed by atoms with Crippen molar-refractivity contribution in [3.8, 4) is 11.5 Å². The third-order valence-electron chi connectivity index (χ3n) is 2.40. The molecule has 7 nitrogen and oxygen atoms in total. The molecule has 0 saturated heterocycles. The first-order valence-corrected chi connectivity index (χ1v) is 5.02. The Morgan fingerprint density at radius 1 is 1.56 bits per heavy atom. The number of ether oxygens (including phenoxy) is 1. The molecule has 1 atom stereocenters. The molecule has 0 heterocycles. The quantitative estimate of drug-likeness (QED) is 0.546. The monoisotopic (exact) mass is 277 g/mol. The third-order valence-corrected chi connectivity index (χ3v) is 2.40. The molecule has 1 rings (SSSR count). The van der Waals surface area contributed by atoms with Gasteiger partial charge in [-0.25, -0.2) is 0 Å². The molecule has 0 saturated carbocycles. The molecule has 0 spiro atoms. The summed E-state index contributed by atoms with van der Waals surface area (Å²) in [5, 5.41) is 20.5. The number of nitrogens with two attached hydrogens (primary N) is 2. The van der Waals surface area contributed by atoms with E-state index in [9.17, 15) is 15.2 Å². The lowest BCUT2D eigenvalue weighted by Gasteiger charge is -2.14. The number of nitrogens with zero attached hydrogens (tertiary/aromatic N) is 1. The molecule has 0 unspecified atom stereocenters. The summed E-state index contributed by atoms with van der Waals surface area (Å²) in [6.07, 6.45) is 0.415. The van der Waals surface area contributed by atoms with Crippen LogP contribution in [0.5, 0.6) is 11.5 Å². The summed E-state index contributed by atoms with van der Waals surface area (Å²) in [4.78, 5) is 10.1. The lowest BCUT2D eigenvalue weighted by molar-refractivity contribution is -0.385. The van der Waals surface area contributed by atoms with Crippen molar-refractivity contribution in [2.24, 2.45) is 11.5 Å². The summed E-state index contributed by atoms with van der Waals surface area (Å²) in [6, 6.07) is 1.82. The Bertz CT molecular complexity index is 428. The number of aromatic hydroxyl groups is 1. The maximum Gasteiger partial charge on any atom is 0.273 e. The molecular weight excluding hydrogens is 262 g/mol. The minimum absolute atomic E-state index is 0. The van der Waals surface area contributed by atoms with E-state index < -0.39 is 11.0 Å². The third kappa shape index (κ3) is 3.46. The second-order valence-corrected chi connectivity index (χ2v) is 3.53. The highest BCUT2D eigenvalue weighted by Crippen LogP contribution is 2.37. The zero-order valence-electron chi connectivity index (χ0n) is 9.83. The zero-order valence-corrected chi connectivity index (χ0v) is 10.6. The lowest BCUT2D eigenvalue weighted by Crippen LogP contribution is -2.15. The van der Waals surface area contributed by atoms with Gasteiger partial charge in [0.25, 0.3) is 5.69 Å². The SMILES string of the molecule is COc1cc([N+](=O)[O-])cc([C@@H](N)CCN)c1O.Cl. The number of phenolic OH excluding ortho intramolecular Hbond substituents is 1. The van der Waals surface area contributed by atoms with Crippen molar-refractivity contribution < 1.29 is 14.8 Å².